The number of rotatable bonds is 18. The first-order chi connectivity index (χ1) is 15.0. The van der Waals surface area contributed by atoms with Crippen molar-refractivity contribution in [1.82, 2.24) is 0 Å². The fraction of sp³-hybridized carbons (Fsp3) is 0.913. The van der Waals surface area contributed by atoms with Crippen molar-refractivity contribution < 1.29 is 41.0 Å². The van der Waals surface area contributed by atoms with Gasteiger partial charge in [-0.15, -0.1) is 0 Å². The van der Waals surface area contributed by atoms with Gasteiger partial charge in [0.05, 0.1) is 6.61 Å². The number of halogens is 5. The van der Waals surface area contributed by atoms with Crippen LogP contribution < -0.4 is 0 Å². The van der Waals surface area contributed by atoms with E-state index in [0.29, 0.717) is 6.42 Å². The van der Waals surface area contributed by atoms with Gasteiger partial charge in [0, 0.05) is 0 Å². The van der Waals surface area contributed by atoms with Crippen molar-refractivity contribution >= 4 is 11.9 Å². The van der Waals surface area contributed by atoms with E-state index in [2.05, 4.69) is 11.7 Å². The Kier molecular flexibility index (Phi) is 14.8. The number of carbonyl (C=O) groups excluding carboxylic acids is 2. The van der Waals surface area contributed by atoms with Crippen LogP contribution in [-0.2, 0) is 19.1 Å². The van der Waals surface area contributed by atoms with Crippen LogP contribution in [0.25, 0.3) is 0 Å². The summed E-state index contributed by atoms with van der Waals surface area (Å²) in [5.74, 6) is -7.56. The highest BCUT2D eigenvalue weighted by Crippen LogP contribution is 2.37. The van der Waals surface area contributed by atoms with Crippen molar-refractivity contribution in [2.45, 2.75) is 116 Å². The lowest BCUT2D eigenvalue weighted by Crippen LogP contribution is -2.46. The van der Waals surface area contributed by atoms with Crippen LogP contribution in [0.4, 0.5) is 22.0 Å². The summed E-state index contributed by atoms with van der Waals surface area (Å²) < 4.78 is 72.2. The van der Waals surface area contributed by atoms with E-state index in [-0.39, 0.29) is 19.4 Å². The minimum atomic E-state index is -5.84. The molecule has 0 radical (unpaired) electrons. The van der Waals surface area contributed by atoms with E-state index >= 15 is 0 Å². The molecule has 9 heteroatoms. The maximum Gasteiger partial charge on any atom is 0.456 e. The number of unbranched alkanes of at least 4 members (excludes halogenated alkanes) is 10. The Hall–Kier alpha value is -1.41. The first-order valence-electron chi connectivity index (χ1n) is 11.8. The van der Waals surface area contributed by atoms with Crippen molar-refractivity contribution in [2.75, 3.05) is 13.2 Å². The second-order valence-electron chi connectivity index (χ2n) is 8.24. The second kappa shape index (κ2) is 15.4. The molecule has 0 aliphatic heterocycles. The number of esters is 2. The van der Waals surface area contributed by atoms with Crippen molar-refractivity contribution in [1.29, 1.82) is 0 Å². The van der Waals surface area contributed by atoms with Crippen molar-refractivity contribution in [3.8, 4) is 0 Å². The van der Waals surface area contributed by atoms with Gasteiger partial charge < -0.3 is 9.47 Å². The van der Waals surface area contributed by atoms with Crippen LogP contribution in [0.2, 0.25) is 0 Å². The molecule has 0 saturated heterocycles. The van der Waals surface area contributed by atoms with E-state index in [0.717, 1.165) is 25.7 Å². The molecule has 0 bridgehead atoms. The zero-order valence-electron chi connectivity index (χ0n) is 19.6. The second-order valence-corrected chi connectivity index (χ2v) is 8.24. The van der Waals surface area contributed by atoms with Crippen LogP contribution in [0.3, 0.4) is 0 Å². The molecule has 0 aromatic heterocycles. The molecule has 0 atom stereocenters. The number of carbonyl (C=O) groups is 2. The Morgan fingerprint density at radius 2 is 1.03 bits per heavy atom. The molecule has 0 heterocycles. The molecule has 0 amide bonds. The molecule has 0 saturated carbocycles. The normalized spacial score (nSPS) is 12.6. The van der Waals surface area contributed by atoms with Gasteiger partial charge in [0.1, 0.15) is 0 Å². The first-order valence-corrected chi connectivity index (χ1v) is 11.8. The highest BCUT2D eigenvalue weighted by Gasteiger charge is 2.59. The van der Waals surface area contributed by atoms with Gasteiger partial charge >= 0.3 is 24.0 Å². The van der Waals surface area contributed by atoms with Gasteiger partial charge in [0.15, 0.2) is 12.0 Å². The molecule has 0 aliphatic rings. The third-order valence-corrected chi connectivity index (χ3v) is 5.77. The Bertz CT molecular complexity index is 531. The maximum absolute atomic E-state index is 13.0. The zero-order chi connectivity index (χ0) is 24.7. The van der Waals surface area contributed by atoms with Gasteiger partial charge in [-0.1, -0.05) is 85.0 Å². The van der Waals surface area contributed by atoms with Gasteiger partial charge in [-0.3, -0.25) is 9.59 Å². The Morgan fingerprint density at radius 3 is 1.44 bits per heavy atom. The third kappa shape index (κ3) is 10.5. The molecular weight excluding hydrogens is 435 g/mol. The topological polar surface area (TPSA) is 52.6 Å². The zero-order valence-corrected chi connectivity index (χ0v) is 19.6. The van der Waals surface area contributed by atoms with Gasteiger partial charge in [-0.25, -0.2) is 0 Å². The smallest absolute Gasteiger partial charge is 0.456 e. The number of alkyl halides is 5. The summed E-state index contributed by atoms with van der Waals surface area (Å²) in [5, 5.41) is 0. The Labute approximate surface area is 188 Å². The Morgan fingerprint density at radius 1 is 0.625 bits per heavy atom. The SMILES string of the molecule is CCCCCCCCCCCCCOC(=O)C(CC)(CC)C(=O)OCC(F)(F)C(F)(F)F. The molecule has 0 N–H and O–H groups in total. The van der Waals surface area contributed by atoms with Crippen LogP contribution in [0.1, 0.15) is 104 Å². The number of hydrogen-bond donors (Lipinski definition) is 0. The third-order valence-electron chi connectivity index (χ3n) is 5.77. The number of ether oxygens (including phenoxy) is 2. The molecule has 190 valence electrons. The van der Waals surface area contributed by atoms with Crippen molar-refractivity contribution in [3.05, 3.63) is 0 Å². The monoisotopic (exact) mass is 474 g/mol. The van der Waals surface area contributed by atoms with Gasteiger partial charge in [-0.2, -0.15) is 22.0 Å². The average molecular weight is 475 g/mol. The quantitative estimate of drug-likeness (QED) is 0.0900. The van der Waals surface area contributed by atoms with Crippen LogP contribution in [0.5, 0.6) is 0 Å². The van der Waals surface area contributed by atoms with E-state index in [1.807, 2.05) is 0 Å². The maximum atomic E-state index is 13.0. The average Bonchev–Trinajstić information content (AvgIpc) is 2.73. The molecule has 0 aromatic rings. The first kappa shape index (κ1) is 30.6. The summed E-state index contributed by atoms with van der Waals surface area (Å²) in [5.41, 5.74) is -1.89. The lowest BCUT2D eigenvalue weighted by Gasteiger charge is -2.28. The van der Waals surface area contributed by atoms with Crippen LogP contribution in [0, 0.1) is 5.41 Å². The van der Waals surface area contributed by atoms with Crippen LogP contribution >= 0.6 is 0 Å². The molecule has 0 aromatic carbocycles. The van der Waals surface area contributed by atoms with Gasteiger partial charge in [-0.05, 0) is 19.3 Å². The summed E-state index contributed by atoms with van der Waals surface area (Å²) >= 11 is 0. The summed E-state index contributed by atoms with van der Waals surface area (Å²) in [7, 11) is 0. The van der Waals surface area contributed by atoms with E-state index < -0.39 is 36.1 Å². The minimum absolute atomic E-state index is 0.0591. The molecular formula is C23H39F5O4. The van der Waals surface area contributed by atoms with E-state index in [9.17, 15) is 31.5 Å². The van der Waals surface area contributed by atoms with E-state index in [4.69, 9.17) is 4.74 Å². The summed E-state index contributed by atoms with van der Waals surface area (Å²) in [6.45, 7) is 2.99. The molecule has 4 nitrogen and oxygen atoms in total. The summed E-state index contributed by atoms with van der Waals surface area (Å²) in [6, 6.07) is 0. The van der Waals surface area contributed by atoms with E-state index in [1.54, 1.807) is 0 Å². The molecule has 0 spiro atoms. The lowest BCUT2D eigenvalue weighted by molar-refractivity contribution is -0.295. The van der Waals surface area contributed by atoms with Crippen LogP contribution in [0.15, 0.2) is 0 Å². The fourth-order valence-corrected chi connectivity index (χ4v) is 3.36. The summed E-state index contributed by atoms with van der Waals surface area (Å²) in [6.07, 6.45) is 6.13. The van der Waals surface area contributed by atoms with Crippen molar-refractivity contribution in [2.24, 2.45) is 5.41 Å². The lowest BCUT2D eigenvalue weighted by atomic mass is 9.82. The predicted molar refractivity (Wildman–Crippen MR) is 112 cm³/mol. The predicted octanol–water partition coefficient (Wildman–Crippen LogP) is 7.39. The molecule has 32 heavy (non-hydrogen) atoms. The highest BCUT2D eigenvalue weighted by molar-refractivity contribution is 6.00. The van der Waals surface area contributed by atoms with Crippen molar-refractivity contribution in [3.63, 3.8) is 0 Å². The highest BCUT2D eigenvalue weighted by atomic mass is 19.4. The largest absolute Gasteiger partial charge is 0.465 e. The minimum Gasteiger partial charge on any atom is -0.465 e. The fourth-order valence-electron chi connectivity index (χ4n) is 3.36. The van der Waals surface area contributed by atoms with Gasteiger partial charge in [0.25, 0.3) is 0 Å². The molecule has 0 fully saturated rings. The molecule has 0 rings (SSSR count). The summed E-state index contributed by atoms with van der Waals surface area (Å²) in [4.78, 5) is 24.7. The van der Waals surface area contributed by atoms with Gasteiger partial charge in [0.2, 0.25) is 0 Å². The van der Waals surface area contributed by atoms with E-state index in [1.165, 1.54) is 52.4 Å². The van der Waals surface area contributed by atoms with Crippen LogP contribution in [-0.4, -0.2) is 37.3 Å². The number of hydrogen-bond acceptors (Lipinski definition) is 4. The standard InChI is InChI=1S/C23H39F5O4/c1-4-7-8-9-10-11-12-13-14-15-16-17-31-19(29)21(5-2,6-3)20(30)32-18-22(24,25)23(26,27)28/h4-18H2,1-3H3. The molecule has 0 unspecified atom stereocenters. The Balaban J connectivity index is 4.30. The molecule has 0 aliphatic carbocycles.